The zero-order valence-corrected chi connectivity index (χ0v) is 10.9. The molecule has 0 saturated heterocycles. The molecule has 0 aliphatic heterocycles. The topological polar surface area (TPSA) is 35.2 Å². The molecule has 1 aromatic rings. The fourth-order valence-corrected chi connectivity index (χ4v) is 2.63. The standard InChI is InChI=1S/C15H23NO/c1-11(2)17-14-9-7-13(8-10-14)15(16)12-5-3-4-6-12/h7-12,15H,3-6,16H2,1-2H3/t15-/m0/s1. The van der Waals surface area contributed by atoms with Gasteiger partial charge in [-0.3, -0.25) is 0 Å². The minimum absolute atomic E-state index is 0.200. The monoisotopic (exact) mass is 233 g/mol. The van der Waals surface area contributed by atoms with Gasteiger partial charge in [0, 0.05) is 6.04 Å². The molecule has 1 saturated carbocycles. The number of hydrogen-bond donors (Lipinski definition) is 1. The summed E-state index contributed by atoms with van der Waals surface area (Å²) in [6.07, 6.45) is 5.47. The van der Waals surface area contributed by atoms with Gasteiger partial charge >= 0.3 is 0 Å². The van der Waals surface area contributed by atoms with Gasteiger partial charge in [-0.25, -0.2) is 0 Å². The zero-order chi connectivity index (χ0) is 12.3. The molecular formula is C15H23NO. The van der Waals surface area contributed by atoms with Crippen molar-refractivity contribution < 1.29 is 4.74 Å². The second-order valence-electron chi connectivity index (χ2n) is 5.31. The Morgan fingerprint density at radius 3 is 2.24 bits per heavy atom. The molecule has 0 amide bonds. The Kier molecular flexibility index (Phi) is 4.06. The first-order valence-electron chi connectivity index (χ1n) is 6.69. The number of hydrogen-bond acceptors (Lipinski definition) is 2. The van der Waals surface area contributed by atoms with Crippen molar-refractivity contribution >= 4 is 0 Å². The van der Waals surface area contributed by atoms with Gasteiger partial charge < -0.3 is 10.5 Å². The summed E-state index contributed by atoms with van der Waals surface area (Å²) in [6, 6.07) is 8.49. The average molecular weight is 233 g/mol. The van der Waals surface area contributed by atoms with Crippen molar-refractivity contribution in [2.75, 3.05) is 0 Å². The van der Waals surface area contributed by atoms with Crippen LogP contribution in [0.3, 0.4) is 0 Å². The lowest BCUT2D eigenvalue weighted by Crippen LogP contribution is -2.19. The van der Waals surface area contributed by atoms with E-state index in [9.17, 15) is 0 Å². The molecule has 0 heterocycles. The zero-order valence-electron chi connectivity index (χ0n) is 10.9. The highest BCUT2D eigenvalue weighted by Gasteiger charge is 2.23. The second kappa shape index (κ2) is 5.54. The molecule has 1 aliphatic carbocycles. The molecule has 1 aromatic carbocycles. The molecular weight excluding hydrogens is 210 g/mol. The van der Waals surface area contributed by atoms with Crippen LogP contribution in [0.2, 0.25) is 0 Å². The molecule has 1 aliphatic rings. The SMILES string of the molecule is CC(C)Oc1ccc([C@@H](N)C2CCCC2)cc1. The molecule has 1 fully saturated rings. The van der Waals surface area contributed by atoms with E-state index in [1.807, 2.05) is 26.0 Å². The summed E-state index contributed by atoms with van der Waals surface area (Å²) < 4.78 is 5.63. The minimum Gasteiger partial charge on any atom is -0.491 e. The Bertz CT molecular complexity index is 338. The first-order valence-corrected chi connectivity index (χ1v) is 6.69. The number of rotatable bonds is 4. The van der Waals surface area contributed by atoms with Crippen LogP contribution < -0.4 is 10.5 Å². The van der Waals surface area contributed by atoms with Crippen molar-refractivity contribution in [3.8, 4) is 5.75 Å². The summed E-state index contributed by atoms with van der Waals surface area (Å²) in [5.41, 5.74) is 7.55. The maximum absolute atomic E-state index is 6.31. The summed E-state index contributed by atoms with van der Waals surface area (Å²) in [5, 5.41) is 0. The molecule has 2 N–H and O–H groups in total. The highest BCUT2D eigenvalue weighted by atomic mass is 16.5. The minimum atomic E-state index is 0.200. The van der Waals surface area contributed by atoms with Gasteiger partial charge in [-0.05, 0) is 50.3 Å². The predicted octanol–water partition coefficient (Wildman–Crippen LogP) is 3.66. The van der Waals surface area contributed by atoms with Gasteiger partial charge in [0.15, 0.2) is 0 Å². The molecule has 0 unspecified atom stereocenters. The Morgan fingerprint density at radius 1 is 1.12 bits per heavy atom. The lowest BCUT2D eigenvalue weighted by atomic mass is 9.92. The molecule has 2 heteroatoms. The van der Waals surface area contributed by atoms with E-state index in [1.54, 1.807) is 0 Å². The number of benzene rings is 1. The molecule has 0 radical (unpaired) electrons. The molecule has 1 atom stereocenters. The largest absolute Gasteiger partial charge is 0.491 e. The summed E-state index contributed by atoms with van der Waals surface area (Å²) in [4.78, 5) is 0. The van der Waals surface area contributed by atoms with Crippen molar-refractivity contribution in [3.63, 3.8) is 0 Å². The fourth-order valence-electron chi connectivity index (χ4n) is 2.63. The quantitative estimate of drug-likeness (QED) is 0.861. The average Bonchev–Trinajstić information content (AvgIpc) is 2.82. The van der Waals surface area contributed by atoms with E-state index in [0.717, 1.165) is 5.75 Å². The molecule has 2 nitrogen and oxygen atoms in total. The number of nitrogens with two attached hydrogens (primary N) is 1. The first-order chi connectivity index (χ1) is 8.16. The molecule has 94 valence electrons. The van der Waals surface area contributed by atoms with Crippen LogP contribution in [0.5, 0.6) is 5.75 Å². The van der Waals surface area contributed by atoms with E-state index in [1.165, 1.54) is 31.2 Å². The van der Waals surface area contributed by atoms with E-state index in [4.69, 9.17) is 10.5 Å². The van der Waals surface area contributed by atoms with E-state index in [-0.39, 0.29) is 12.1 Å². The Morgan fingerprint density at radius 2 is 1.71 bits per heavy atom. The van der Waals surface area contributed by atoms with Crippen LogP contribution in [-0.2, 0) is 0 Å². The van der Waals surface area contributed by atoms with E-state index >= 15 is 0 Å². The molecule has 0 spiro atoms. The van der Waals surface area contributed by atoms with Gasteiger partial charge in [0.1, 0.15) is 5.75 Å². The summed E-state index contributed by atoms with van der Waals surface area (Å²) in [7, 11) is 0. The molecule has 2 rings (SSSR count). The maximum atomic E-state index is 6.31. The van der Waals surface area contributed by atoms with Crippen molar-refractivity contribution in [2.24, 2.45) is 11.7 Å². The van der Waals surface area contributed by atoms with E-state index in [2.05, 4.69) is 12.1 Å². The van der Waals surface area contributed by atoms with Crippen LogP contribution in [0.4, 0.5) is 0 Å². The van der Waals surface area contributed by atoms with Gasteiger partial charge in [-0.1, -0.05) is 25.0 Å². The van der Waals surface area contributed by atoms with Crippen LogP contribution in [0.15, 0.2) is 24.3 Å². The smallest absolute Gasteiger partial charge is 0.119 e. The van der Waals surface area contributed by atoms with Crippen LogP contribution in [0.25, 0.3) is 0 Å². The maximum Gasteiger partial charge on any atom is 0.119 e. The van der Waals surface area contributed by atoms with Crippen LogP contribution >= 0.6 is 0 Å². The van der Waals surface area contributed by atoms with Crippen molar-refractivity contribution in [3.05, 3.63) is 29.8 Å². The van der Waals surface area contributed by atoms with Gasteiger partial charge in [-0.2, -0.15) is 0 Å². The van der Waals surface area contributed by atoms with E-state index in [0.29, 0.717) is 5.92 Å². The van der Waals surface area contributed by atoms with Crippen LogP contribution in [0.1, 0.15) is 51.1 Å². The van der Waals surface area contributed by atoms with Crippen molar-refractivity contribution in [1.29, 1.82) is 0 Å². The van der Waals surface area contributed by atoms with Gasteiger partial charge in [0.25, 0.3) is 0 Å². The van der Waals surface area contributed by atoms with E-state index < -0.39 is 0 Å². The Balaban J connectivity index is 2.01. The lowest BCUT2D eigenvalue weighted by Gasteiger charge is -2.19. The normalized spacial score (nSPS) is 18.6. The third kappa shape index (κ3) is 3.22. The Hall–Kier alpha value is -1.02. The van der Waals surface area contributed by atoms with Crippen LogP contribution in [0, 0.1) is 5.92 Å². The van der Waals surface area contributed by atoms with Crippen LogP contribution in [-0.4, -0.2) is 6.10 Å². The van der Waals surface area contributed by atoms with Crippen molar-refractivity contribution in [2.45, 2.75) is 51.7 Å². The fraction of sp³-hybridized carbons (Fsp3) is 0.600. The third-order valence-electron chi connectivity index (χ3n) is 3.54. The predicted molar refractivity (Wildman–Crippen MR) is 71.1 cm³/mol. The highest BCUT2D eigenvalue weighted by Crippen LogP contribution is 2.34. The summed E-state index contributed by atoms with van der Waals surface area (Å²) in [6.45, 7) is 4.08. The second-order valence-corrected chi connectivity index (χ2v) is 5.31. The highest BCUT2D eigenvalue weighted by molar-refractivity contribution is 5.29. The molecule has 0 aromatic heterocycles. The third-order valence-corrected chi connectivity index (χ3v) is 3.54. The van der Waals surface area contributed by atoms with Crippen molar-refractivity contribution in [1.82, 2.24) is 0 Å². The Labute approximate surface area is 104 Å². The lowest BCUT2D eigenvalue weighted by molar-refractivity contribution is 0.242. The molecule has 0 bridgehead atoms. The molecule has 17 heavy (non-hydrogen) atoms. The first kappa shape index (κ1) is 12.4. The van der Waals surface area contributed by atoms with Gasteiger partial charge in [-0.15, -0.1) is 0 Å². The summed E-state index contributed by atoms with van der Waals surface area (Å²) in [5.74, 6) is 1.61. The summed E-state index contributed by atoms with van der Waals surface area (Å²) >= 11 is 0. The number of ether oxygens (including phenoxy) is 1. The van der Waals surface area contributed by atoms with Gasteiger partial charge in [0.2, 0.25) is 0 Å². The van der Waals surface area contributed by atoms with Gasteiger partial charge in [0.05, 0.1) is 6.10 Å².